The molecule has 0 aliphatic carbocycles. The van der Waals surface area contributed by atoms with E-state index in [9.17, 15) is 10.0 Å². The molecule has 3 N–H and O–H groups in total. The molecule has 142 valence electrons. The Hall–Kier alpha value is -3.52. The third kappa shape index (κ3) is 4.60. The molecule has 0 radical (unpaired) electrons. The van der Waals surface area contributed by atoms with Crippen LogP contribution in [-0.2, 0) is 0 Å². The molecule has 28 heavy (non-hydrogen) atoms. The summed E-state index contributed by atoms with van der Waals surface area (Å²) in [6, 6.07) is 22.5. The van der Waals surface area contributed by atoms with Crippen LogP contribution in [0, 0.1) is 5.21 Å². The highest BCUT2D eigenvalue weighted by atomic mass is 16.8. The Morgan fingerprint density at radius 2 is 1.50 bits per heavy atom. The maximum atomic E-state index is 12.4. The van der Waals surface area contributed by atoms with Gasteiger partial charge in [0, 0.05) is 28.8 Å². The monoisotopic (exact) mass is 377 g/mol. The van der Waals surface area contributed by atoms with Crippen LogP contribution in [0.3, 0.4) is 0 Å². The third-order valence-electron chi connectivity index (χ3n) is 4.07. The Morgan fingerprint density at radius 1 is 0.929 bits per heavy atom. The molecular formula is C21H19N3O4. The van der Waals surface area contributed by atoms with E-state index in [0.29, 0.717) is 11.3 Å². The third-order valence-corrected chi connectivity index (χ3v) is 4.07. The van der Waals surface area contributed by atoms with Gasteiger partial charge in [-0.25, -0.2) is 10.6 Å². The van der Waals surface area contributed by atoms with Gasteiger partial charge in [-0.05, 0) is 36.4 Å². The van der Waals surface area contributed by atoms with Crippen LogP contribution >= 0.6 is 0 Å². The molecule has 0 bridgehead atoms. The minimum Gasteiger partial charge on any atom is -0.595 e. The lowest BCUT2D eigenvalue weighted by molar-refractivity contribution is -0.991. The molecule has 1 unspecified atom stereocenters. The van der Waals surface area contributed by atoms with Gasteiger partial charge in [0.25, 0.3) is 5.91 Å². The fourth-order valence-corrected chi connectivity index (χ4v) is 2.58. The van der Waals surface area contributed by atoms with Crippen molar-refractivity contribution in [2.75, 3.05) is 7.11 Å². The first-order valence-electron chi connectivity index (χ1n) is 8.49. The summed E-state index contributed by atoms with van der Waals surface area (Å²) in [6.07, 6.45) is 0. The number of carbonyl (C=O) groups is 1. The number of nitrogens with zero attached hydrogens (tertiary/aromatic N) is 1. The number of hydrogen-bond donors (Lipinski definition) is 3. The maximum absolute atomic E-state index is 12.4. The number of nitrogens with one attached hydrogen (secondary N) is 2. The Balaban J connectivity index is 1.87. The molecule has 0 saturated carbocycles. The summed E-state index contributed by atoms with van der Waals surface area (Å²) in [5.74, 6) is 0.289. The summed E-state index contributed by atoms with van der Waals surface area (Å²) in [7, 11) is 1.59. The smallest absolute Gasteiger partial charge is 0.271 e. The zero-order valence-electron chi connectivity index (χ0n) is 15.1. The number of hydrazone groups is 1. The lowest BCUT2D eigenvalue weighted by Gasteiger charge is -2.11. The van der Waals surface area contributed by atoms with Crippen molar-refractivity contribution >= 4 is 17.3 Å². The number of rotatable bonds is 6. The quantitative estimate of drug-likeness (QED) is 0.453. The minimum atomic E-state index is -1.05. The van der Waals surface area contributed by atoms with E-state index in [1.807, 2.05) is 54.6 Å². The van der Waals surface area contributed by atoms with Gasteiger partial charge < -0.3 is 9.94 Å². The number of carbonyl (C=O) groups excluding carboxylic acids is 1. The summed E-state index contributed by atoms with van der Waals surface area (Å²) < 4.78 is 5.19. The highest BCUT2D eigenvalue weighted by Crippen LogP contribution is 2.16. The van der Waals surface area contributed by atoms with Gasteiger partial charge in [-0.2, -0.15) is 10.3 Å². The Bertz CT molecular complexity index is 953. The van der Waals surface area contributed by atoms with Crippen molar-refractivity contribution in [3.05, 3.63) is 101 Å². The highest BCUT2D eigenvalue weighted by Gasteiger charge is 2.10. The van der Waals surface area contributed by atoms with E-state index < -0.39 is 11.1 Å². The summed E-state index contributed by atoms with van der Waals surface area (Å²) >= 11 is 0. The Labute approximate surface area is 162 Å². The fourth-order valence-electron chi connectivity index (χ4n) is 2.58. The lowest BCUT2D eigenvalue weighted by Crippen LogP contribution is -2.99. The van der Waals surface area contributed by atoms with Crippen LogP contribution in [0.15, 0.2) is 84.0 Å². The summed E-state index contributed by atoms with van der Waals surface area (Å²) in [5.41, 5.74) is 5.22. The Kier molecular flexibility index (Phi) is 6.13. The lowest BCUT2D eigenvalue weighted by atomic mass is 10.0. The molecule has 0 heterocycles. The van der Waals surface area contributed by atoms with Gasteiger partial charge in [0.1, 0.15) is 5.75 Å². The molecule has 1 amide bonds. The zero-order valence-corrected chi connectivity index (χ0v) is 15.1. The molecule has 0 spiro atoms. The summed E-state index contributed by atoms with van der Waals surface area (Å²) in [5, 5.41) is 23.1. The average molecular weight is 377 g/mol. The van der Waals surface area contributed by atoms with Crippen LogP contribution in [0.4, 0.5) is 5.69 Å². The van der Waals surface area contributed by atoms with Crippen molar-refractivity contribution in [1.82, 2.24) is 5.43 Å². The predicted octanol–water partition coefficient (Wildman–Crippen LogP) is 2.28. The van der Waals surface area contributed by atoms with Gasteiger partial charge in [0.15, 0.2) is 5.69 Å². The van der Waals surface area contributed by atoms with E-state index in [1.165, 1.54) is 24.3 Å². The van der Waals surface area contributed by atoms with Gasteiger partial charge >= 0.3 is 0 Å². The molecule has 0 aromatic heterocycles. The van der Waals surface area contributed by atoms with Gasteiger partial charge in [0.05, 0.1) is 12.8 Å². The first-order valence-corrected chi connectivity index (χ1v) is 8.49. The van der Waals surface area contributed by atoms with Crippen LogP contribution in [-0.4, -0.2) is 23.9 Å². The largest absolute Gasteiger partial charge is 0.595 e. The number of benzene rings is 3. The second-order valence-corrected chi connectivity index (χ2v) is 5.88. The van der Waals surface area contributed by atoms with Crippen LogP contribution in [0.1, 0.15) is 21.5 Å². The van der Waals surface area contributed by atoms with E-state index >= 15 is 0 Å². The Morgan fingerprint density at radius 3 is 2.07 bits per heavy atom. The molecule has 3 rings (SSSR count). The highest BCUT2D eigenvalue weighted by molar-refractivity contribution is 6.13. The van der Waals surface area contributed by atoms with Crippen molar-refractivity contribution in [2.45, 2.75) is 0 Å². The van der Waals surface area contributed by atoms with E-state index in [4.69, 9.17) is 9.94 Å². The normalized spacial score (nSPS) is 12.3. The number of quaternary nitrogens is 1. The van der Waals surface area contributed by atoms with Gasteiger partial charge in [-0.1, -0.05) is 30.3 Å². The summed E-state index contributed by atoms with van der Waals surface area (Å²) in [4.78, 5) is 12.4. The van der Waals surface area contributed by atoms with E-state index in [1.54, 1.807) is 7.11 Å². The van der Waals surface area contributed by atoms with Crippen LogP contribution < -0.4 is 15.4 Å². The molecule has 0 aliphatic heterocycles. The second-order valence-electron chi connectivity index (χ2n) is 5.88. The molecule has 0 aliphatic rings. The van der Waals surface area contributed by atoms with E-state index in [-0.39, 0.29) is 5.69 Å². The van der Waals surface area contributed by atoms with Gasteiger partial charge in [-0.3, -0.25) is 4.79 Å². The van der Waals surface area contributed by atoms with Crippen molar-refractivity contribution in [2.24, 2.45) is 5.10 Å². The van der Waals surface area contributed by atoms with Gasteiger partial charge in [0.2, 0.25) is 0 Å². The molecule has 3 aromatic carbocycles. The van der Waals surface area contributed by atoms with Crippen molar-refractivity contribution < 1.29 is 20.0 Å². The summed E-state index contributed by atoms with van der Waals surface area (Å²) in [6.45, 7) is 0. The molecule has 0 saturated heterocycles. The average Bonchev–Trinajstić information content (AvgIpc) is 2.75. The fraction of sp³-hybridized carbons (Fsp3) is 0.0476. The molecule has 7 heteroatoms. The second kappa shape index (κ2) is 8.92. The van der Waals surface area contributed by atoms with Crippen molar-refractivity contribution in [1.29, 1.82) is 0 Å². The molecule has 1 atom stereocenters. The number of amides is 1. The first kappa shape index (κ1) is 19.2. The zero-order chi connectivity index (χ0) is 19.9. The first-order chi connectivity index (χ1) is 13.6. The number of ether oxygens (including phenoxy) is 1. The predicted molar refractivity (Wildman–Crippen MR) is 105 cm³/mol. The molecule has 0 fully saturated rings. The number of methoxy groups -OCH3 is 1. The molecule has 3 aromatic rings. The van der Waals surface area contributed by atoms with Crippen LogP contribution in [0.5, 0.6) is 5.75 Å². The van der Waals surface area contributed by atoms with E-state index in [2.05, 4.69) is 10.5 Å². The van der Waals surface area contributed by atoms with Crippen molar-refractivity contribution in [3.63, 3.8) is 0 Å². The molecule has 7 nitrogen and oxygen atoms in total. The molecular weight excluding hydrogens is 358 g/mol. The van der Waals surface area contributed by atoms with Crippen LogP contribution in [0.2, 0.25) is 0 Å². The van der Waals surface area contributed by atoms with Crippen molar-refractivity contribution in [3.8, 4) is 5.75 Å². The van der Waals surface area contributed by atoms with Crippen LogP contribution in [0.25, 0.3) is 0 Å². The maximum Gasteiger partial charge on any atom is 0.271 e. The van der Waals surface area contributed by atoms with E-state index in [0.717, 1.165) is 16.9 Å². The van der Waals surface area contributed by atoms with Gasteiger partial charge in [-0.15, -0.1) is 0 Å². The SMILES string of the molecule is COc1ccc(C(=NNC(=O)c2ccc([NH+]([O-])O)cc2)c2ccccc2)cc1. The topological polar surface area (TPSA) is 98.4 Å². The number of hydrogen-bond acceptors (Lipinski definition) is 5. The minimum absolute atomic E-state index is 0.114. The standard InChI is InChI=1S/C21H19N3O4/c1-28-19-13-9-16(10-14-19)20(15-5-3-2-4-6-15)22-23-21(25)17-7-11-18(12-8-17)24(26)27/h2-14,24,26H,1H3,(H,23,25).